The van der Waals surface area contributed by atoms with Crippen LogP contribution in [0.4, 0.5) is 11.5 Å². The van der Waals surface area contributed by atoms with Gasteiger partial charge in [-0.05, 0) is 50.6 Å². The maximum absolute atomic E-state index is 12.2. The number of aromatic nitrogens is 2. The summed E-state index contributed by atoms with van der Waals surface area (Å²) in [5.41, 5.74) is 1.58. The van der Waals surface area contributed by atoms with Gasteiger partial charge in [0.25, 0.3) is 0 Å². The number of ether oxygens (including phenoxy) is 1. The second kappa shape index (κ2) is 6.45. The first kappa shape index (κ1) is 16.2. The van der Waals surface area contributed by atoms with Gasteiger partial charge in [0.2, 0.25) is 0 Å². The number of esters is 1. The van der Waals surface area contributed by atoms with Crippen LogP contribution in [0.3, 0.4) is 0 Å². The third-order valence-electron chi connectivity index (χ3n) is 3.39. The van der Waals surface area contributed by atoms with Crippen LogP contribution in [0.5, 0.6) is 5.75 Å². The van der Waals surface area contributed by atoms with Crippen LogP contribution in [-0.4, -0.2) is 27.1 Å². The second-order valence-corrected chi connectivity index (χ2v) is 6.58. The van der Waals surface area contributed by atoms with Gasteiger partial charge in [-0.1, -0.05) is 0 Å². The Balaban J connectivity index is 2.01. The number of carbonyl (C=O) groups excluding carboxylic acids is 1. The molecule has 124 valence electrons. The van der Waals surface area contributed by atoms with E-state index in [1.165, 1.54) is 17.7 Å². The average molecular weight is 343 g/mol. The maximum Gasteiger partial charge on any atom is 0.348 e. The molecule has 0 fully saturated rings. The molecule has 1 aromatic carbocycles. The predicted octanol–water partition coefficient (Wildman–Crippen LogP) is 4.01. The molecule has 0 amide bonds. The van der Waals surface area contributed by atoms with Crippen molar-refractivity contribution in [1.29, 1.82) is 0 Å². The lowest BCUT2D eigenvalue weighted by molar-refractivity contribution is 0.0383. The van der Waals surface area contributed by atoms with Crippen molar-refractivity contribution < 1.29 is 14.6 Å². The highest BCUT2D eigenvalue weighted by molar-refractivity contribution is 7.20. The summed E-state index contributed by atoms with van der Waals surface area (Å²) in [7, 11) is 0. The molecule has 0 saturated carbocycles. The molecule has 0 aliphatic rings. The van der Waals surface area contributed by atoms with Gasteiger partial charge < -0.3 is 15.2 Å². The summed E-state index contributed by atoms with van der Waals surface area (Å²) in [6.45, 7) is 5.50. The van der Waals surface area contributed by atoms with E-state index in [4.69, 9.17) is 4.74 Å². The molecular weight excluding hydrogens is 326 g/mol. The quantitative estimate of drug-likeness (QED) is 0.550. The first-order valence-corrected chi connectivity index (χ1v) is 8.28. The molecule has 0 saturated heterocycles. The highest BCUT2D eigenvalue weighted by Crippen LogP contribution is 2.35. The number of aromatic hydroxyl groups is 1. The van der Waals surface area contributed by atoms with Crippen molar-refractivity contribution in [2.75, 3.05) is 5.32 Å². The van der Waals surface area contributed by atoms with Crippen LogP contribution in [0, 0.1) is 6.92 Å². The number of anilines is 2. The van der Waals surface area contributed by atoms with E-state index in [0.29, 0.717) is 10.7 Å². The molecule has 2 heterocycles. The van der Waals surface area contributed by atoms with Crippen LogP contribution in [0.1, 0.15) is 29.1 Å². The Kier molecular flexibility index (Phi) is 4.35. The van der Waals surface area contributed by atoms with Crippen LogP contribution >= 0.6 is 11.3 Å². The smallest absolute Gasteiger partial charge is 0.348 e. The van der Waals surface area contributed by atoms with Crippen LogP contribution in [0.15, 0.2) is 30.6 Å². The van der Waals surface area contributed by atoms with Gasteiger partial charge in [-0.25, -0.2) is 14.8 Å². The van der Waals surface area contributed by atoms with Crippen molar-refractivity contribution in [2.45, 2.75) is 26.9 Å². The number of phenols is 1. The molecule has 0 spiro atoms. The van der Waals surface area contributed by atoms with Gasteiger partial charge >= 0.3 is 5.97 Å². The molecule has 3 aromatic rings. The van der Waals surface area contributed by atoms with Crippen molar-refractivity contribution in [2.24, 2.45) is 0 Å². The second-order valence-electron chi connectivity index (χ2n) is 5.58. The van der Waals surface area contributed by atoms with Crippen LogP contribution < -0.4 is 5.32 Å². The minimum absolute atomic E-state index is 0.178. The average Bonchev–Trinajstić information content (AvgIpc) is 2.87. The van der Waals surface area contributed by atoms with E-state index in [-0.39, 0.29) is 17.8 Å². The zero-order valence-electron chi connectivity index (χ0n) is 13.5. The number of hydrogen-bond acceptors (Lipinski definition) is 7. The van der Waals surface area contributed by atoms with Crippen molar-refractivity contribution >= 4 is 39.0 Å². The topological polar surface area (TPSA) is 84.3 Å². The molecule has 24 heavy (non-hydrogen) atoms. The van der Waals surface area contributed by atoms with Gasteiger partial charge in [0.15, 0.2) is 0 Å². The molecular formula is C17H17N3O3S. The molecule has 0 bridgehead atoms. The van der Waals surface area contributed by atoms with E-state index in [9.17, 15) is 9.90 Å². The number of phenolic OH excluding ortho intramolecular Hbond substituents is 1. The molecule has 6 nitrogen and oxygen atoms in total. The number of thiophene rings is 1. The lowest BCUT2D eigenvalue weighted by Gasteiger charge is -2.08. The third kappa shape index (κ3) is 3.16. The van der Waals surface area contributed by atoms with E-state index in [1.54, 1.807) is 24.3 Å². The third-order valence-corrected chi connectivity index (χ3v) is 4.56. The molecule has 0 atom stereocenters. The van der Waals surface area contributed by atoms with E-state index in [0.717, 1.165) is 21.5 Å². The van der Waals surface area contributed by atoms with Crippen molar-refractivity contribution in [1.82, 2.24) is 9.97 Å². The van der Waals surface area contributed by atoms with E-state index >= 15 is 0 Å². The van der Waals surface area contributed by atoms with Gasteiger partial charge in [-0.15, -0.1) is 11.3 Å². The van der Waals surface area contributed by atoms with Crippen LogP contribution in [0.2, 0.25) is 0 Å². The lowest BCUT2D eigenvalue weighted by Crippen LogP contribution is -2.11. The van der Waals surface area contributed by atoms with E-state index in [2.05, 4.69) is 15.3 Å². The fraction of sp³-hybridized carbons (Fsp3) is 0.235. The number of rotatable bonds is 4. The molecule has 2 aromatic heterocycles. The Bertz CT molecular complexity index is 888. The number of nitrogens with zero attached hydrogens (tertiary/aromatic N) is 2. The highest BCUT2D eigenvalue weighted by Gasteiger charge is 2.21. The summed E-state index contributed by atoms with van der Waals surface area (Å²) >= 11 is 1.30. The van der Waals surface area contributed by atoms with Crippen LogP contribution in [-0.2, 0) is 4.74 Å². The van der Waals surface area contributed by atoms with Gasteiger partial charge in [-0.3, -0.25) is 0 Å². The van der Waals surface area contributed by atoms with Gasteiger partial charge in [-0.2, -0.15) is 0 Å². The summed E-state index contributed by atoms with van der Waals surface area (Å²) in [6.07, 6.45) is 1.28. The number of hydrogen-bond donors (Lipinski definition) is 2. The van der Waals surface area contributed by atoms with Gasteiger partial charge in [0, 0.05) is 5.69 Å². The molecule has 7 heteroatoms. The Morgan fingerprint density at radius 2 is 1.96 bits per heavy atom. The summed E-state index contributed by atoms with van der Waals surface area (Å²) in [6, 6.07) is 6.68. The summed E-state index contributed by atoms with van der Waals surface area (Å²) < 4.78 is 5.29. The van der Waals surface area contributed by atoms with Crippen LogP contribution in [0.25, 0.3) is 10.2 Å². The molecule has 3 rings (SSSR count). The monoisotopic (exact) mass is 343 g/mol. The van der Waals surface area contributed by atoms with Gasteiger partial charge in [0.05, 0.1) is 11.5 Å². The summed E-state index contributed by atoms with van der Waals surface area (Å²) in [4.78, 5) is 22.1. The zero-order chi connectivity index (χ0) is 17.3. The maximum atomic E-state index is 12.2. The fourth-order valence-corrected chi connectivity index (χ4v) is 3.34. The molecule has 0 aliphatic heterocycles. The number of aryl methyl sites for hydroxylation is 1. The normalized spacial score (nSPS) is 11.0. The minimum atomic E-state index is -0.346. The molecule has 0 aliphatic carbocycles. The Morgan fingerprint density at radius 3 is 2.62 bits per heavy atom. The zero-order valence-corrected chi connectivity index (χ0v) is 14.3. The van der Waals surface area contributed by atoms with E-state index in [1.807, 2.05) is 20.8 Å². The van der Waals surface area contributed by atoms with Crippen molar-refractivity contribution in [3.63, 3.8) is 0 Å². The van der Waals surface area contributed by atoms with Crippen molar-refractivity contribution in [3.8, 4) is 5.75 Å². The standard InChI is InChI=1S/C17H17N3O3S/c1-9(2)23-17(22)14-10(3)13-15(18-8-19-16(13)24-14)20-11-4-6-12(21)7-5-11/h4-9,21H,1-3H3,(H,18,19,20). The Hall–Kier alpha value is -2.67. The first-order chi connectivity index (χ1) is 11.5. The highest BCUT2D eigenvalue weighted by atomic mass is 32.1. The number of fused-ring (bicyclic) bond motifs is 1. The Morgan fingerprint density at radius 1 is 1.25 bits per heavy atom. The summed E-state index contributed by atoms with van der Waals surface area (Å²) in [5.74, 6) is 0.461. The Labute approximate surface area is 143 Å². The lowest BCUT2D eigenvalue weighted by atomic mass is 10.2. The molecule has 0 radical (unpaired) electrons. The van der Waals surface area contributed by atoms with Gasteiger partial charge in [0.1, 0.15) is 27.6 Å². The number of benzene rings is 1. The predicted molar refractivity (Wildman–Crippen MR) is 94.1 cm³/mol. The van der Waals surface area contributed by atoms with E-state index < -0.39 is 0 Å². The summed E-state index contributed by atoms with van der Waals surface area (Å²) in [5, 5.41) is 13.4. The van der Waals surface area contributed by atoms with Crippen molar-refractivity contribution in [3.05, 3.63) is 41.0 Å². The first-order valence-electron chi connectivity index (χ1n) is 7.47. The SMILES string of the molecule is Cc1c(C(=O)OC(C)C)sc2ncnc(Nc3ccc(O)cc3)c12. The molecule has 2 N–H and O–H groups in total. The minimum Gasteiger partial charge on any atom is -0.508 e. The molecule has 0 unspecified atom stereocenters. The number of nitrogens with one attached hydrogen (secondary N) is 1. The number of carbonyl (C=O) groups is 1. The largest absolute Gasteiger partial charge is 0.508 e. The fourth-order valence-electron chi connectivity index (χ4n) is 2.31.